The summed E-state index contributed by atoms with van der Waals surface area (Å²) >= 11 is 0. The van der Waals surface area contributed by atoms with Crippen LogP contribution >= 0.6 is 0 Å². The third-order valence-corrected chi connectivity index (χ3v) is 3.54. The van der Waals surface area contributed by atoms with Crippen molar-refractivity contribution in [2.24, 2.45) is 0 Å². The zero-order chi connectivity index (χ0) is 18.0. The minimum absolute atomic E-state index is 0.0340. The number of carbonyl (C=O) groups is 3. The minimum Gasteiger partial charge on any atom is -0.478 e. The Hall–Kier alpha value is -1.85. The predicted molar refractivity (Wildman–Crippen MR) is 92.6 cm³/mol. The first-order chi connectivity index (χ1) is 11.6. The van der Waals surface area contributed by atoms with Gasteiger partial charge in [0.05, 0.1) is 6.54 Å². The summed E-state index contributed by atoms with van der Waals surface area (Å²) in [6.07, 6.45) is 12.9. The highest BCUT2D eigenvalue weighted by Gasteiger charge is 2.02. The maximum Gasteiger partial charge on any atom is 0.331 e. The van der Waals surface area contributed by atoms with Gasteiger partial charge in [-0.05, 0) is 6.42 Å². The Morgan fingerprint density at radius 3 is 2.08 bits per heavy atom. The Labute approximate surface area is 144 Å². The number of hydrogen-bond acceptors (Lipinski definition) is 4. The van der Waals surface area contributed by atoms with E-state index >= 15 is 0 Å². The lowest BCUT2D eigenvalue weighted by atomic mass is 10.1. The zero-order valence-electron chi connectivity index (χ0n) is 14.7. The Balaban J connectivity index is 3.38. The summed E-state index contributed by atoms with van der Waals surface area (Å²) in [5.41, 5.74) is 0. The van der Waals surface area contributed by atoms with E-state index in [0.29, 0.717) is 12.5 Å². The molecule has 24 heavy (non-hydrogen) atoms. The molecule has 0 rings (SSSR count). The number of unbranched alkanes of at least 4 members (excludes halogenated alkanes) is 8. The molecule has 0 aromatic carbocycles. The summed E-state index contributed by atoms with van der Waals surface area (Å²) < 4.78 is 4.74. The fourth-order valence-electron chi connectivity index (χ4n) is 2.21. The number of carboxylic acids is 1. The SMILES string of the molecule is CCCCCCCCCCCC(=O)NCCOC(=O)/C=C\C(=O)O. The topological polar surface area (TPSA) is 92.7 Å². The van der Waals surface area contributed by atoms with Crippen molar-refractivity contribution in [2.75, 3.05) is 13.2 Å². The molecular weight excluding hydrogens is 310 g/mol. The lowest BCUT2D eigenvalue weighted by molar-refractivity contribution is -0.139. The lowest BCUT2D eigenvalue weighted by Crippen LogP contribution is -2.27. The van der Waals surface area contributed by atoms with Gasteiger partial charge in [0.1, 0.15) is 6.61 Å². The standard InChI is InChI=1S/C18H31NO5/c1-2-3-4-5-6-7-8-9-10-11-16(20)19-14-15-24-18(23)13-12-17(21)22/h12-13H,2-11,14-15H2,1H3,(H,19,20)(H,21,22)/b13-12-. The molecule has 0 heterocycles. The van der Waals surface area contributed by atoms with E-state index in [4.69, 9.17) is 9.84 Å². The maximum atomic E-state index is 11.6. The van der Waals surface area contributed by atoms with Crippen LogP contribution in [-0.4, -0.2) is 36.1 Å². The van der Waals surface area contributed by atoms with Gasteiger partial charge >= 0.3 is 11.9 Å². The van der Waals surface area contributed by atoms with E-state index in [-0.39, 0.29) is 19.1 Å². The highest BCUT2D eigenvalue weighted by Crippen LogP contribution is 2.10. The molecule has 0 saturated carbocycles. The molecule has 0 atom stereocenters. The van der Waals surface area contributed by atoms with Gasteiger partial charge in [-0.25, -0.2) is 9.59 Å². The number of ether oxygens (including phenoxy) is 1. The van der Waals surface area contributed by atoms with Crippen molar-refractivity contribution in [3.63, 3.8) is 0 Å². The van der Waals surface area contributed by atoms with Gasteiger partial charge in [0.25, 0.3) is 0 Å². The van der Waals surface area contributed by atoms with Crippen LogP contribution in [0.15, 0.2) is 12.2 Å². The van der Waals surface area contributed by atoms with Crippen molar-refractivity contribution in [1.29, 1.82) is 0 Å². The van der Waals surface area contributed by atoms with Crippen LogP contribution in [0, 0.1) is 0 Å². The molecule has 0 spiro atoms. The molecule has 0 aromatic heterocycles. The largest absolute Gasteiger partial charge is 0.478 e. The summed E-state index contributed by atoms with van der Waals surface area (Å²) in [5, 5.41) is 11.0. The normalized spacial score (nSPS) is 10.7. The molecule has 0 bridgehead atoms. The van der Waals surface area contributed by atoms with Gasteiger partial charge in [0, 0.05) is 18.6 Å². The number of rotatable bonds is 15. The van der Waals surface area contributed by atoms with E-state index in [2.05, 4.69) is 12.2 Å². The second kappa shape index (κ2) is 16.0. The molecule has 0 fully saturated rings. The van der Waals surface area contributed by atoms with E-state index in [1.165, 1.54) is 44.9 Å². The van der Waals surface area contributed by atoms with E-state index in [1.807, 2.05) is 0 Å². The molecule has 2 N–H and O–H groups in total. The van der Waals surface area contributed by atoms with Crippen LogP contribution in [0.5, 0.6) is 0 Å². The summed E-state index contributed by atoms with van der Waals surface area (Å²) in [7, 11) is 0. The molecule has 0 aromatic rings. The third-order valence-electron chi connectivity index (χ3n) is 3.54. The van der Waals surface area contributed by atoms with Crippen molar-refractivity contribution in [3.05, 3.63) is 12.2 Å². The van der Waals surface area contributed by atoms with Crippen molar-refractivity contribution in [3.8, 4) is 0 Å². The van der Waals surface area contributed by atoms with Crippen LogP contribution in [0.25, 0.3) is 0 Å². The quantitative estimate of drug-likeness (QED) is 0.271. The molecular formula is C18H31NO5. The number of hydrogen-bond donors (Lipinski definition) is 2. The average Bonchev–Trinajstić information content (AvgIpc) is 2.55. The van der Waals surface area contributed by atoms with Gasteiger partial charge in [-0.1, -0.05) is 58.3 Å². The Morgan fingerprint density at radius 1 is 0.917 bits per heavy atom. The van der Waals surface area contributed by atoms with Crippen molar-refractivity contribution >= 4 is 17.8 Å². The smallest absolute Gasteiger partial charge is 0.331 e. The number of esters is 1. The summed E-state index contributed by atoms with van der Waals surface area (Å²) in [6, 6.07) is 0. The Kier molecular flexibility index (Phi) is 14.8. The average molecular weight is 341 g/mol. The molecule has 0 saturated heterocycles. The van der Waals surface area contributed by atoms with Crippen LogP contribution in [0.1, 0.15) is 71.1 Å². The van der Waals surface area contributed by atoms with Crippen LogP contribution in [0.4, 0.5) is 0 Å². The highest BCUT2D eigenvalue weighted by molar-refractivity contribution is 5.90. The molecule has 0 aliphatic rings. The molecule has 6 heteroatoms. The predicted octanol–water partition coefficient (Wildman–Crippen LogP) is 3.21. The van der Waals surface area contributed by atoms with Crippen LogP contribution in [0.2, 0.25) is 0 Å². The van der Waals surface area contributed by atoms with Crippen molar-refractivity contribution in [2.45, 2.75) is 71.1 Å². The highest BCUT2D eigenvalue weighted by atomic mass is 16.5. The van der Waals surface area contributed by atoms with E-state index in [9.17, 15) is 14.4 Å². The number of carboxylic acid groups (broad SMARTS) is 1. The van der Waals surface area contributed by atoms with Gasteiger partial charge in [-0.2, -0.15) is 0 Å². The Bertz CT molecular complexity index is 393. The molecule has 0 aliphatic carbocycles. The minimum atomic E-state index is -1.21. The van der Waals surface area contributed by atoms with Crippen LogP contribution in [-0.2, 0) is 19.1 Å². The van der Waals surface area contributed by atoms with Gasteiger partial charge in [-0.3, -0.25) is 4.79 Å². The first-order valence-corrected chi connectivity index (χ1v) is 8.90. The van der Waals surface area contributed by atoms with Gasteiger partial charge < -0.3 is 15.2 Å². The van der Waals surface area contributed by atoms with E-state index in [1.54, 1.807) is 0 Å². The maximum absolute atomic E-state index is 11.6. The number of nitrogens with one attached hydrogen (secondary N) is 1. The summed E-state index contributed by atoms with van der Waals surface area (Å²) in [5.74, 6) is -1.98. The molecule has 0 aliphatic heterocycles. The molecule has 1 amide bonds. The molecule has 0 unspecified atom stereocenters. The second-order valence-electron chi connectivity index (χ2n) is 5.77. The molecule has 0 radical (unpaired) electrons. The zero-order valence-corrected chi connectivity index (χ0v) is 14.7. The third kappa shape index (κ3) is 16.5. The lowest BCUT2D eigenvalue weighted by Gasteiger charge is -2.05. The number of carbonyl (C=O) groups excluding carboxylic acids is 2. The van der Waals surface area contributed by atoms with Crippen LogP contribution < -0.4 is 5.32 Å². The second-order valence-corrected chi connectivity index (χ2v) is 5.77. The first-order valence-electron chi connectivity index (χ1n) is 8.90. The summed E-state index contributed by atoms with van der Waals surface area (Å²) in [4.78, 5) is 32.8. The molecule has 6 nitrogen and oxygen atoms in total. The summed E-state index contributed by atoms with van der Waals surface area (Å²) in [6.45, 7) is 2.49. The first kappa shape index (κ1) is 22.1. The van der Waals surface area contributed by atoms with Gasteiger partial charge in [-0.15, -0.1) is 0 Å². The number of aliphatic carboxylic acids is 1. The van der Waals surface area contributed by atoms with Crippen molar-refractivity contribution < 1.29 is 24.2 Å². The number of amides is 1. The van der Waals surface area contributed by atoms with Gasteiger partial charge in [0.15, 0.2) is 0 Å². The van der Waals surface area contributed by atoms with Crippen LogP contribution in [0.3, 0.4) is 0 Å². The Morgan fingerprint density at radius 2 is 1.50 bits per heavy atom. The van der Waals surface area contributed by atoms with Gasteiger partial charge in [0.2, 0.25) is 5.91 Å². The van der Waals surface area contributed by atoms with E-state index < -0.39 is 11.9 Å². The monoisotopic (exact) mass is 341 g/mol. The fourth-order valence-corrected chi connectivity index (χ4v) is 2.21. The molecule has 138 valence electrons. The van der Waals surface area contributed by atoms with Crippen molar-refractivity contribution in [1.82, 2.24) is 5.32 Å². The fraction of sp³-hybridized carbons (Fsp3) is 0.722. The van der Waals surface area contributed by atoms with E-state index in [0.717, 1.165) is 18.9 Å².